The Hall–Kier alpha value is -1.62. The van der Waals surface area contributed by atoms with E-state index < -0.39 is 0 Å². The van der Waals surface area contributed by atoms with Gasteiger partial charge >= 0.3 is 0 Å². The van der Waals surface area contributed by atoms with E-state index in [1.165, 1.54) is 12.8 Å². The summed E-state index contributed by atoms with van der Waals surface area (Å²) in [5.41, 5.74) is 2.15. The zero-order valence-corrected chi connectivity index (χ0v) is 11.6. The van der Waals surface area contributed by atoms with E-state index in [0.717, 1.165) is 36.7 Å². The van der Waals surface area contributed by atoms with Crippen molar-refractivity contribution in [3.8, 4) is 0 Å². The average molecular weight is 259 g/mol. The van der Waals surface area contributed by atoms with Crippen molar-refractivity contribution in [2.45, 2.75) is 32.7 Å². The van der Waals surface area contributed by atoms with Crippen LogP contribution in [0.4, 0.5) is 5.82 Å². The summed E-state index contributed by atoms with van der Waals surface area (Å²) in [4.78, 5) is 7.03. The van der Waals surface area contributed by atoms with Crippen LogP contribution in [0.5, 0.6) is 0 Å². The molecular weight excluding hydrogens is 238 g/mol. The molecule has 3 heterocycles. The second kappa shape index (κ2) is 5.17. The fourth-order valence-corrected chi connectivity index (χ4v) is 2.89. The highest BCUT2D eigenvalue weighted by Crippen LogP contribution is 2.27. The van der Waals surface area contributed by atoms with E-state index in [9.17, 15) is 0 Å². The van der Waals surface area contributed by atoms with Gasteiger partial charge in [-0.1, -0.05) is 6.92 Å². The van der Waals surface area contributed by atoms with Crippen molar-refractivity contribution in [2.24, 2.45) is 0 Å². The molecule has 1 atom stereocenters. The van der Waals surface area contributed by atoms with Gasteiger partial charge in [-0.3, -0.25) is 0 Å². The first-order valence-electron chi connectivity index (χ1n) is 7.08. The molecule has 1 aliphatic heterocycles. The minimum Gasteiger partial charge on any atom is -0.351 e. The van der Waals surface area contributed by atoms with Crippen molar-refractivity contribution in [1.29, 1.82) is 0 Å². The highest BCUT2D eigenvalue weighted by atomic mass is 15.3. The molecule has 0 amide bonds. The Morgan fingerprint density at radius 1 is 1.47 bits per heavy atom. The molecule has 1 unspecified atom stereocenters. The van der Waals surface area contributed by atoms with E-state index in [1.807, 2.05) is 23.8 Å². The van der Waals surface area contributed by atoms with Crippen molar-refractivity contribution in [3.63, 3.8) is 0 Å². The standard InChI is InChI=1S/C14H21N5/c1-3-15-10-12-5-4-7-18(12)14-13-9-11(2)17-19(13)8-6-16-14/h6,8-9,12,15H,3-5,7,10H2,1-2H3. The molecule has 0 saturated carbocycles. The zero-order chi connectivity index (χ0) is 13.2. The Kier molecular flexibility index (Phi) is 3.38. The monoisotopic (exact) mass is 259 g/mol. The fraction of sp³-hybridized carbons (Fsp3) is 0.571. The first kappa shape index (κ1) is 12.4. The van der Waals surface area contributed by atoms with Crippen LogP contribution in [-0.2, 0) is 0 Å². The van der Waals surface area contributed by atoms with Gasteiger partial charge in [0, 0.05) is 31.5 Å². The quantitative estimate of drug-likeness (QED) is 0.906. The molecular formula is C14H21N5. The molecule has 1 saturated heterocycles. The summed E-state index contributed by atoms with van der Waals surface area (Å²) in [6.45, 7) is 7.32. The van der Waals surface area contributed by atoms with Crippen LogP contribution in [0, 0.1) is 6.92 Å². The number of hydrogen-bond donors (Lipinski definition) is 1. The molecule has 3 rings (SSSR count). The van der Waals surface area contributed by atoms with Gasteiger partial charge in [-0.25, -0.2) is 9.50 Å². The Balaban J connectivity index is 1.94. The first-order chi connectivity index (χ1) is 9.29. The Morgan fingerprint density at radius 3 is 3.21 bits per heavy atom. The third-order valence-corrected chi connectivity index (χ3v) is 3.77. The number of nitrogens with zero attached hydrogens (tertiary/aromatic N) is 4. The van der Waals surface area contributed by atoms with Gasteiger partial charge in [0.05, 0.1) is 5.69 Å². The van der Waals surface area contributed by atoms with Crippen LogP contribution in [-0.4, -0.2) is 40.3 Å². The fourth-order valence-electron chi connectivity index (χ4n) is 2.89. The van der Waals surface area contributed by atoms with Crippen LogP contribution in [0.25, 0.3) is 5.52 Å². The van der Waals surface area contributed by atoms with Crippen molar-refractivity contribution >= 4 is 11.3 Å². The van der Waals surface area contributed by atoms with Crippen LogP contribution in [0.15, 0.2) is 18.5 Å². The largest absolute Gasteiger partial charge is 0.351 e. The second-order valence-electron chi connectivity index (χ2n) is 5.16. The summed E-state index contributed by atoms with van der Waals surface area (Å²) in [5, 5.41) is 7.92. The topological polar surface area (TPSA) is 45.5 Å². The molecule has 0 radical (unpaired) electrons. The molecule has 1 aliphatic rings. The van der Waals surface area contributed by atoms with Crippen molar-refractivity contribution in [2.75, 3.05) is 24.5 Å². The van der Waals surface area contributed by atoms with Gasteiger partial charge < -0.3 is 10.2 Å². The average Bonchev–Trinajstić information content (AvgIpc) is 3.00. The van der Waals surface area contributed by atoms with Gasteiger partial charge in [0.1, 0.15) is 5.52 Å². The minimum absolute atomic E-state index is 0.550. The third kappa shape index (κ3) is 2.30. The summed E-state index contributed by atoms with van der Waals surface area (Å²) < 4.78 is 1.93. The Bertz CT molecular complexity index is 562. The van der Waals surface area contributed by atoms with Crippen LogP contribution >= 0.6 is 0 Å². The zero-order valence-electron chi connectivity index (χ0n) is 11.6. The number of likely N-dealkylation sites (N-methyl/N-ethyl adjacent to an activating group) is 1. The highest BCUT2D eigenvalue weighted by molar-refractivity contribution is 5.69. The molecule has 2 aromatic heterocycles. The van der Waals surface area contributed by atoms with Crippen LogP contribution in [0.2, 0.25) is 0 Å². The Labute approximate surface area is 113 Å². The van der Waals surface area contributed by atoms with Gasteiger partial charge in [-0.2, -0.15) is 5.10 Å². The van der Waals surface area contributed by atoms with E-state index in [4.69, 9.17) is 0 Å². The predicted molar refractivity (Wildman–Crippen MR) is 76.6 cm³/mol. The van der Waals surface area contributed by atoms with Gasteiger partial charge in [0.15, 0.2) is 5.82 Å². The molecule has 0 aromatic carbocycles. The molecule has 5 nitrogen and oxygen atoms in total. The third-order valence-electron chi connectivity index (χ3n) is 3.77. The first-order valence-corrected chi connectivity index (χ1v) is 7.08. The number of hydrogen-bond acceptors (Lipinski definition) is 4. The summed E-state index contributed by atoms with van der Waals surface area (Å²) >= 11 is 0. The second-order valence-corrected chi connectivity index (χ2v) is 5.16. The summed E-state index contributed by atoms with van der Waals surface area (Å²) in [6.07, 6.45) is 6.24. The van der Waals surface area contributed by atoms with Crippen molar-refractivity contribution in [3.05, 3.63) is 24.2 Å². The number of aromatic nitrogens is 3. The number of nitrogens with one attached hydrogen (secondary N) is 1. The van der Waals surface area contributed by atoms with E-state index in [1.54, 1.807) is 0 Å². The maximum absolute atomic E-state index is 4.60. The minimum atomic E-state index is 0.550. The SMILES string of the molecule is CCNCC1CCCN1c1nccn2nc(C)cc12. The van der Waals surface area contributed by atoms with Gasteiger partial charge in [-0.15, -0.1) is 0 Å². The maximum Gasteiger partial charge on any atom is 0.154 e. The van der Waals surface area contributed by atoms with E-state index in [-0.39, 0.29) is 0 Å². The molecule has 5 heteroatoms. The van der Waals surface area contributed by atoms with Gasteiger partial charge in [-0.05, 0) is 32.4 Å². The maximum atomic E-state index is 4.60. The van der Waals surface area contributed by atoms with E-state index in [2.05, 4.69) is 33.3 Å². The molecule has 0 aliphatic carbocycles. The van der Waals surface area contributed by atoms with Crippen LogP contribution < -0.4 is 10.2 Å². The lowest BCUT2D eigenvalue weighted by molar-refractivity contribution is 0.585. The number of aryl methyl sites for hydroxylation is 1. The number of anilines is 1. The lowest BCUT2D eigenvalue weighted by atomic mass is 10.2. The molecule has 102 valence electrons. The molecule has 1 N–H and O–H groups in total. The summed E-state index contributed by atoms with van der Waals surface area (Å²) in [6, 6.07) is 2.67. The lowest BCUT2D eigenvalue weighted by Gasteiger charge is -2.26. The molecule has 0 spiro atoms. The molecule has 2 aromatic rings. The Morgan fingerprint density at radius 2 is 2.37 bits per heavy atom. The number of fused-ring (bicyclic) bond motifs is 1. The van der Waals surface area contributed by atoms with E-state index >= 15 is 0 Å². The summed E-state index contributed by atoms with van der Waals surface area (Å²) in [7, 11) is 0. The summed E-state index contributed by atoms with van der Waals surface area (Å²) in [5.74, 6) is 1.07. The smallest absolute Gasteiger partial charge is 0.154 e. The van der Waals surface area contributed by atoms with Crippen LogP contribution in [0.3, 0.4) is 0 Å². The number of rotatable bonds is 4. The predicted octanol–water partition coefficient (Wildman–Crippen LogP) is 1.62. The normalized spacial score (nSPS) is 19.5. The van der Waals surface area contributed by atoms with Crippen molar-refractivity contribution < 1.29 is 0 Å². The highest BCUT2D eigenvalue weighted by Gasteiger charge is 2.26. The lowest BCUT2D eigenvalue weighted by Crippen LogP contribution is -2.38. The van der Waals surface area contributed by atoms with Gasteiger partial charge in [0.25, 0.3) is 0 Å². The molecule has 0 bridgehead atoms. The molecule has 1 fully saturated rings. The van der Waals surface area contributed by atoms with Crippen LogP contribution in [0.1, 0.15) is 25.5 Å². The van der Waals surface area contributed by atoms with Crippen molar-refractivity contribution in [1.82, 2.24) is 19.9 Å². The molecule has 19 heavy (non-hydrogen) atoms. The van der Waals surface area contributed by atoms with Gasteiger partial charge in [0.2, 0.25) is 0 Å². The van der Waals surface area contributed by atoms with E-state index in [0.29, 0.717) is 6.04 Å².